The average Bonchev–Trinajstić information content (AvgIpc) is 2.62. The SMILES string of the molecule is COc1cc2c(cc1OC)CN(CC(O)c1ccc(F)c(F)c1)CC2. The van der Waals surface area contributed by atoms with Gasteiger partial charge < -0.3 is 14.6 Å². The number of ether oxygens (including phenoxy) is 2. The summed E-state index contributed by atoms with van der Waals surface area (Å²) in [6.07, 6.45) is -0.0583. The van der Waals surface area contributed by atoms with Crippen molar-refractivity contribution < 1.29 is 23.4 Å². The Labute approximate surface area is 145 Å². The Kier molecular flexibility index (Phi) is 5.20. The predicted octanol–water partition coefficient (Wildman–Crippen LogP) is 3.07. The summed E-state index contributed by atoms with van der Waals surface area (Å²) in [6, 6.07) is 7.43. The lowest BCUT2D eigenvalue weighted by atomic mass is 9.98. The van der Waals surface area contributed by atoms with Gasteiger partial charge in [-0.05, 0) is 47.4 Å². The highest BCUT2D eigenvalue weighted by Gasteiger charge is 2.22. The molecule has 4 nitrogen and oxygen atoms in total. The second-order valence-corrected chi connectivity index (χ2v) is 6.15. The fourth-order valence-corrected chi connectivity index (χ4v) is 3.17. The standard InChI is InChI=1S/C19H21F2NO3/c1-24-18-8-12-5-6-22(10-14(12)9-19(18)25-2)11-17(23)13-3-4-15(20)16(21)7-13/h3-4,7-9,17,23H,5-6,10-11H2,1-2H3. The first-order valence-electron chi connectivity index (χ1n) is 8.11. The van der Waals surface area contributed by atoms with Crippen LogP contribution in [-0.4, -0.2) is 37.3 Å². The Morgan fingerprint density at radius 1 is 1.04 bits per heavy atom. The van der Waals surface area contributed by atoms with Crippen molar-refractivity contribution in [2.24, 2.45) is 0 Å². The van der Waals surface area contributed by atoms with Gasteiger partial charge >= 0.3 is 0 Å². The van der Waals surface area contributed by atoms with E-state index in [1.54, 1.807) is 14.2 Å². The van der Waals surface area contributed by atoms with Gasteiger partial charge in [0.2, 0.25) is 0 Å². The number of β-amino-alcohol motifs (C(OH)–C–C–N with tert-alkyl or cyclic N) is 1. The molecule has 134 valence electrons. The molecule has 1 N–H and O–H groups in total. The predicted molar refractivity (Wildman–Crippen MR) is 89.8 cm³/mol. The molecule has 0 saturated carbocycles. The topological polar surface area (TPSA) is 41.9 Å². The van der Waals surface area contributed by atoms with E-state index >= 15 is 0 Å². The minimum Gasteiger partial charge on any atom is -0.493 e. The van der Waals surface area contributed by atoms with Crippen LogP contribution in [0.25, 0.3) is 0 Å². The molecule has 3 rings (SSSR count). The molecule has 0 aliphatic carbocycles. The first kappa shape index (κ1) is 17.6. The van der Waals surface area contributed by atoms with Gasteiger partial charge in [0.1, 0.15) is 0 Å². The minimum absolute atomic E-state index is 0.346. The maximum atomic E-state index is 13.3. The van der Waals surface area contributed by atoms with Crippen LogP contribution in [0.2, 0.25) is 0 Å². The average molecular weight is 349 g/mol. The third kappa shape index (κ3) is 3.75. The van der Waals surface area contributed by atoms with Gasteiger partial charge in [-0.15, -0.1) is 0 Å². The van der Waals surface area contributed by atoms with Gasteiger partial charge in [0.25, 0.3) is 0 Å². The number of halogens is 2. The van der Waals surface area contributed by atoms with E-state index in [4.69, 9.17) is 9.47 Å². The number of fused-ring (bicyclic) bond motifs is 1. The fourth-order valence-electron chi connectivity index (χ4n) is 3.17. The number of aliphatic hydroxyl groups excluding tert-OH is 1. The van der Waals surface area contributed by atoms with Crippen LogP contribution in [0.3, 0.4) is 0 Å². The summed E-state index contributed by atoms with van der Waals surface area (Å²) in [4.78, 5) is 2.08. The Morgan fingerprint density at radius 2 is 1.72 bits per heavy atom. The molecule has 1 atom stereocenters. The second-order valence-electron chi connectivity index (χ2n) is 6.15. The van der Waals surface area contributed by atoms with E-state index in [2.05, 4.69) is 4.90 Å². The number of methoxy groups -OCH3 is 2. The minimum atomic E-state index is -0.947. The molecule has 0 fully saturated rings. The van der Waals surface area contributed by atoms with Gasteiger partial charge in [0.15, 0.2) is 23.1 Å². The van der Waals surface area contributed by atoms with Crippen molar-refractivity contribution in [2.45, 2.75) is 19.1 Å². The van der Waals surface area contributed by atoms with Crippen LogP contribution in [0.4, 0.5) is 8.78 Å². The molecule has 2 aromatic carbocycles. The van der Waals surface area contributed by atoms with Gasteiger partial charge in [-0.2, -0.15) is 0 Å². The zero-order chi connectivity index (χ0) is 18.0. The van der Waals surface area contributed by atoms with Gasteiger partial charge in [-0.1, -0.05) is 6.07 Å². The maximum Gasteiger partial charge on any atom is 0.161 e. The molecule has 6 heteroatoms. The third-order valence-electron chi connectivity index (χ3n) is 4.56. The fraction of sp³-hybridized carbons (Fsp3) is 0.368. The summed E-state index contributed by atoms with van der Waals surface area (Å²) in [5.74, 6) is -0.484. The summed E-state index contributed by atoms with van der Waals surface area (Å²) in [5, 5.41) is 10.3. The van der Waals surface area contributed by atoms with Crippen LogP contribution >= 0.6 is 0 Å². The normalized spacial score (nSPS) is 15.6. The zero-order valence-electron chi connectivity index (χ0n) is 14.3. The van der Waals surface area contributed by atoms with Gasteiger partial charge in [-0.3, -0.25) is 4.90 Å². The molecule has 0 amide bonds. The maximum absolute atomic E-state index is 13.3. The van der Waals surface area contributed by atoms with Gasteiger partial charge in [0.05, 0.1) is 20.3 Å². The molecule has 0 spiro atoms. The van der Waals surface area contributed by atoms with Crippen LogP contribution < -0.4 is 9.47 Å². The quantitative estimate of drug-likeness (QED) is 0.901. The smallest absolute Gasteiger partial charge is 0.161 e. The number of rotatable bonds is 5. The first-order chi connectivity index (χ1) is 12.0. The van der Waals surface area contributed by atoms with Crippen molar-refractivity contribution in [1.29, 1.82) is 0 Å². The van der Waals surface area contributed by atoms with Gasteiger partial charge in [-0.25, -0.2) is 8.78 Å². The third-order valence-corrected chi connectivity index (χ3v) is 4.56. The molecule has 0 radical (unpaired) electrons. The van der Waals surface area contributed by atoms with Crippen LogP contribution in [0, 0.1) is 11.6 Å². The Bertz CT molecular complexity index is 767. The summed E-state index contributed by atoms with van der Waals surface area (Å²) in [7, 11) is 3.20. The van der Waals surface area contributed by atoms with Gasteiger partial charge in [0, 0.05) is 19.6 Å². The number of hydrogen-bond donors (Lipinski definition) is 1. The van der Waals surface area contributed by atoms with Crippen molar-refractivity contribution in [1.82, 2.24) is 4.90 Å². The lowest BCUT2D eigenvalue weighted by Crippen LogP contribution is -2.34. The Balaban J connectivity index is 1.73. The molecule has 1 heterocycles. The Morgan fingerprint density at radius 3 is 2.36 bits per heavy atom. The summed E-state index contributed by atoms with van der Waals surface area (Å²) in [6.45, 7) is 1.76. The number of hydrogen-bond acceptors (Lipinski definition) is 4. The number of aliphatic hydroxyl groups is 1. The molecule has 0 aromatic heterocycles. The molecular formula is C19H21F2NO3. The molecule has 1 aliphatic heterocycles. The second kappa shape index (κ2) is 7.37. The summed E-state index contributed by atoms with van der Waals surface area (Å²) < 4.78 is 37.0. The molecule has 1 aliphatic rings. The van der Waals surface area contributed by atoms with Crippen molar-refractivity contribution >= 4 is 0 Å². The van der Waals surface area contributed by atoms with Crippen molar-refractivity contribution in [2.75, 3.05) is 27.3 Å². The van der Waals surface area contributed by atoms with E-state index in [9.17, 15) is 13.9 Å². The number of nitrogens with zero attached hydrogens (tertiary/aromatic N) is 1. The molecule has 0 bridgehead atoms. The first-order valence-corrected chi connectivity index (χ1v) is 8.11. The number of benzene rings is 2. The lowest BCUT2D eigenvalue weighted by molar-refractivity contribution is 0.105. The summed E-state index contributed by atoms with van der Waals surface area (Å²) in [5.41, 5.74) is 2.68. The van der Waals surface area contributed by atoms with Crippen LogP contribution in [0.15, 0.2) is 30.3 Å². The highest BCUT2D eigenvalue weighted by Crippen LogP contribution is 2.33. The van der Waals surface area contributed by atoms with Crippen molar-refractivity contribution in [3.05, 3.63) is 58.7 Å². The van der Waals surface area contributed by atoms with E-state index in [1.807, 2.05) is 12.1 Å². The summed E-state index contributed by atoms with van der Waals surface area (Å²) >= 11 is 0. The largest absolute Gasteiger partial charge is 0.493 e. The van der Waals surface area contributed by atoms with E-state index in [0.29, 0.717) is 30.2 Å². The lowest BCUT2D eigenvalue weighted by Gasteiger charge is -2.31. The highest BCUT2D eigenvalue weighted by molar-refractivity contribution is 5.48. The molecule has 0 saturated heterocycles. The van der Waals surface area contributed by atoms with Crippen molar-refractivity contribution in [3.63, 3.8) is 0 Å². The molecule has 2 aromatic rings. The van der Waals surface area contributed by atoms with Crippen LogP contribution in [0.5, 0.6) is 11.5 Å². The molecule has 1 unspecified atom stereocenters. The highest BCUT2D eigenvalue weighted by atomic mass is 19.2. The van der Waals surface area contributed by atoms with E-state index in [0.717, 1.165) is 30.7 Å². The molecule has 25 heavy (non-hydrogen) atoms. The van der Waals surface area contributed by atoms with Crippen LogP contribution in [-0.2, 0) is 13.0 Å². The monoisotopic (exact) mass is 349 g/mol. The van der Waals surface area contributed by atoms with E-state index < -0.39 is 17.7 Å². The zero-order valence-corrected chi connectivity index (χ0v) is 14.3. The van der Waals surface area contributed by atoms with E-state index in [1.165, 1.54) is 11.6 Å². The van der Waals surface area contributed by atoms with E-state index in [-0.39, 0.29) is 0 Å². The molecular weight excluding hydrogens is 328 g/mol. The van der Waals surface area contributed by atoms with Crippen LogP contribution in [0.1, 0.15) is 22.8 Å². The Hall–Kier alpha value is -2.18. The van der Waals surface area contributed by atoms with Crippen molar-refractivity contribution in [3.8, 4) is 11.5 Å².